The highest BCUT2D eigenvalue weighted by Crippen LogP contribution is 2.33. The fourth-order valence-electron chi connectivity index (χ4n) is 2.80. The molecule has 1 amide bonds. The van der Waals surface area contributed by atoms with Crippen molar-refractivity contribution in [2.45, 2.75) is 40.7 Å². The monoisotopic (exact) mass is 324 g/mol. The van der Waals surface area contributed by atoms with Crippen LogP contribution in [0.5, 0.6) is 0 Å². The number of hydrogen-bond donors (Lipinski definition) is 2. The van der Waals surface area contributed by atoms with Crippen LogP contribution < -0.4 is 10.6 Å². The molecular formula is C18H29ClN2O. The summed E-state index contributed by atoms with van der Waals surface area (Å²) in [6, 6.07) is 8.48. The largest absolute Gasteiger partial charge is 0.349 e. The van der Waals surface area contributed by atoms with Crippen LogP contribution in [0, 0.1) is 24.2 Å². The molecule has 1 aromatic rings. The van der Waals surface area contributed by atoms with Crippen molar-refractivity contribution >= 4 is 18.3 Å². The van der Waals surface area contributed by atoms with Gasteiger partial charge in [0.1, 0.15) is 0 Å². The van der Waals surface area contributed by atoms with Crippen molar-refractivity contribution in [3.63, 3.8) is 0 Å². The normalized spacial score (nSPS) is 17.9. The molecule has 1 fully saturated rings. The summed E-state index contributed by atoms with van der Waals surface area (Å²) in [5.74, 6) is 0.715. The Morgan fingerprint density at radius 2 is 1.95 bits per heavy atom. The second-order valence-corrected chi connectivity index (χ2v) is 7.43. The fourth-order valence-corrected chi connectivity index (χ4v) is 2.80. The lowest BCUT2D eigenvalue weighted by atomic mass is 9.81. The van der Waals surface area contributed by atoms with E-state index < -0.39 is 0 Å². The van der Waals surface area contributed by atoms with E-state index in [2.05, 4.69) is 62.6 Å². The summed E-state index contributed by atoms with van der Waals surface area (Å²) in [6.45, 7) is 12.6. The first-order chi connectivity index (χ1) is 9.79. The lowest BCUT2D eigenvalue weighted by Gasteiger charge is -2.36. The van der Waals surface area contributed by atoms with E-state index in [1.807, 2.05) is 6.92 Å². The molecule has 2 atom stereocenters. The quantitative estimate of drug-likeness (QED) is 0.890. The van der Waals surface area contributed by atoms with Gasteiger partial charge in [-0.15, -0.1) is 12.4 Å². The van der Waals surface area contributed by atoms with Crippen molar-refractivity contribution in [1.29, 1.82) is 0 Å². The maximum atomic E-state index is 12.6. The number of halogens is 1. The van der Waals surface area contributed by atoms with Crippen LogP contribution in [0.3, 0.4) is 0 Å². The number of carbonyl (C=O) groups is 1. The third-order valence-corrected chi connectivity index (χ3v) is 4.46. The van der Waals surface area contributed by atoms with Crippen LogP contribution in [0.2, 0.25) is 0 Å². The summed E-state index contributed by atoms with van der Waals surface area (Å²) in [7, 11) is 0. The Kier molecular flexibility index (Phi) is 6.45. The molecule has 1 saturated heterocycles. The molecule has 0 aromatic heterocycles. The van der Waals surface area contributed by atoms with Gasteiger partial charge in [0.05, 0.1) is 6.04 Å². The predicted molar refractivity (Wildman–Crippen MR) is 94.3 cm³/mol. The second kappa shape index (κ2) is 7.47. The number of nitrogens with one attached hydrogen (secondary N) is 2. The first-order valence-electron chi connectivity index (χ1n) is 7.86. The molecule has 0 radical (unpaired) electrons. The van der Waals surface area contributed by atoms with E-state index in [1.165, 1.54) is 11.1 Å². The minimum atomic E-state index is -0.0129. The van der Waals surface area contributed by atoms with Crippen LogP contribution in [-0.4, -0.2) is 19.0 Å². The molecule has 1 aliphatic rings. The fraction of sp³-hybridized carbons (Fsp3) is 0.611. The van der Waals surface area contributed by atoms with Crippen molar-refractivity contribution in [2.24, 2.45) is 17.3 Å². The topological polar surface area (TPSA) is 41.1 Å². The Morgan fingerprint density at radius 3 is 2.41 bits per heavy atom. The summed E-state index contributed by atoms with van der Waals surface area (Å²) in [5.41, 5.74) is 2.41. The maximum absolute atomic E-state index is 12.6. The molecule has 0 saturated carbocycles. The molecule has 3 nitrogen and oxygen atoms in total. The molecule has 2 N–H and O–H groups in total. The summed E-state index contributed by atoms with van der Waals surface area (Å²) >= 11 is 0. The summed E-state index contributed by atoms with van der Waals surface area (Å²) in [4.78, 5) is 12.6. The summed E-state index contributed by atoms with van der Waals surface area (Å²) < 4.78 is 0. The molecule has 4 heteroatoms. The number of carbonyl (C=O) groups excluding carboxylic acids is 1. The number of benzene rings is 1. The van der Waals surface area contributed by atoms with Gasteiger partial charge >= 0.3 is 0 Å². The van der Waals surface area contributed by atoms with Gasteiger partial charge in [0.2, 0.25) is 5.91 Å². The van der Waals surface area contributed by atoms with E-state index in [0.717, 1.165) is 13.1 Å². The predicted octanol–water partition coefficient (Wildman–Crippen LogP) is 3.48. The van der Waals surface area contributed by atoms with Crippen LogP contribution >= 0.6 is 12.4 Å². The first-order valence-corrected chi connectivity index (χ1v) is 7.86. The Balaban J connectivity index is 0.00000242. The van der Waals surface area contributed by atoms with E-state index >= 15 is 0 Å². The zero-order chi connectivity index (χ0) is 15.6. The van der Waals surface area contributed by atoms with E-state index in [-0.39, 0.29) is 35.7 Å². The third-order valence-electron chi connectivity index (χ3n) is 4.46. The molecule has 1 aromatic carbocycles. The molecule has 1 heterocycles. The summed E-state index contributed by atoms with van der Waals surface area (Å²) in [6.07, 6.45) is 0. The molecule has 2 unspecified atom stereocenters. The van der Waals surface area contributed by atoms with Gasteiger partial charge in [-0.3, -0.25) is 4.79 Å². The van der Waals surface area contributed by atoms with Crippen molar-refractivity contribution in [2.75, 3.05) is 13.1 Å². The highest BCUT2D eigenvalue weighted by molar-refractivity contribution is 5.85. The maximum Gasteiger partial charge on any atom is 0.223 e. The third kappa shape index (κ3) is 4.47. The summed E-state index contributed by atoms with van der Waals surface area (Å²) in [5, 5.41) is 6.52. The highest BCUT2D eigenvalue weighted by atomic mass is 35.5. The van der Waals surface area contributed by atoms with Gasteiger partial charge < -0.3 is 10.6 Å². The van der Waals surface area contributed by atoms with Crippen molar-refractivity contribution < 1.29 is 4.79 Å². The number of rotatable bonds is 4. The average Bonchev–Trinajstić information content (AvgIpc) is 2.31. The zero-order valence-electron chi connectivity index (χ0n) is 14.3. The van der Waals surface area contributed by atoms with Crippen molar-refractivity contribution in [1.82, 2.24) is 10.6 Å². The van der Waals surface area contributed by atoms with Crippen LogP contribution in [0.15, 0.2) is 24.3 Å². The number of aryl methyl sites for hydroxylation is 1. The highest BCUT2D eigenvalue weighted by Gasteiger charge is 2.33. The molecular weight excluding hydrogens is 296 g/mol. The smallest absolute Gasteiger partial charge is 0.223 e. The standard InChI is InChI=1S/C18H28N2O.ClH/c1-12-7-6-8-14(9-12)16(18(3,4)5)20-17(21)13(2)15-10-19-11-15;/h6-9,13,15-16,19H,10-11H2,1-5H3,(H,20,21);1H. The van der Waals surface area contributed by atoms with Gasteiger partial charge in [0, 0.05) is 5.92 Å². The molecule has 124 valence electrons. The molecule has 0 spiro atoms. The molecule has 0 bridgehead atoms. The Hall–Kier alpha value is -1.06. The minimum absolute atomic E-state index is 0. The molecule has 2 rings (SSSR count). The Morgan fingerprint density at radius 1 is 1.32 bits per heavy atom. The lowest BCUT2D eigenvalue weighted by Crippen LogP contribution is -2.50. The van der Waals surface area contributed by atoms with E-state index in [9.17, 15) is 4.79 Å². The van der Waals surface area contributed by atoms with Crippen LogP contribution in [0.4, 0.5) is 0 Å². The van der Waals surface area contributed by atoms with Crippen LogP contribution in [-0.2, 0) is 4.79 Å². The Bertz CT molecular complexity index is 506. The van der Waals surface area contributed by atoms with E-state index in [1.54, 1.807) is 0 Å². The van der Waals surface area contributed by atoms with Crippen LogP contribution in [0.25, 0.3) is 0 Å². The molecule has 0 aliphatic carbocycles. The number of amides is 1. The van der Waals surface area contributed by atoms with E-state index in [0.29, 0.717) is 5.92 Å². The zero-order valence-corrected chi connectivity index (χ0v) is 15.1. The Labute approximate surface area is 140 Å². The van der Waals surface area contributed by atoms with Gasteiger partial charge in [-0.1, -0.05) is 57.5 Å². The lowest BCUT2D eigenvalue weighted by molar-refractivity contribution is -0.128. The van der Waals surface area contributed by atoms with E-state index in [4.69, 9.17) is 0 Å². The second-order valence-electron chi connectivity index (χ2n) is 7.43. The SMILES string of the molecule is Cc1cccc(C(NC(=O)C(C)C2CNC2)C(C)(C)C)c1.Cl. The van der Waals surface area contributed by atoms with Crippen molar-refractivity contribution in [3.05, 3.63) is 35.4 Å². The van der Waals surface area contributed by atoms with Crippen molar-refractivity contribution in [3.8, 4) is 0 Å². The van der Waals surface area contributed by atoms with Crippen LogP contribution in [0.1, 0.15) is 44.9 Å². The molecule has 22 heavy (non-hydrogen) atoms. The van der Waals surface area contributed by atoms with Gasteiger partial charge in [0.15, 0.2) is 0 Å². The van der Waals surface area contributed by atoms with Gasteiger partial charge in [-0.25, -0.2) is 0 Å². The van der Waals surface area contributed by atoms with Gasteiger partial charge in [-0.05, 0) is 36.9 Å². The molecule has 1 aliphatic heterocycles. The van der Waals surface area contributed by atoms with Gasteiger partial charge in [-0.2, -0.15) is 0 Å². The minimum Gasteiger partial charge on any atom is -0.349 e. The van der Waals surface area contributed by atoms with Gasteiger partial charge in [0.25, 0.3) is 0 Å². The number of hydrogen-bond acceptors (Lipinski definition) is 2. The first kappa shape index (κ1) is 19.0. The average molecular weight is 325 g/mol.